The van der Waals surface area contributed by atoms with Crippen molar-refractivity contribution < 1.29 is 9.53 Å². The van der Waals surface area contributed by atoms with Crippen LogP contribution in [-0.2, 0) is 5.88 Å². The Bertz CT molecular complexity index is 988. The zero-order valence-electron chi connectivity index (χ0n) is 13.2. The summed E-state index contributed by atoms with van der Waals surface area (Å²) in [5.74, 6) is 1.09. The van der Waals surface area contributed by atoms with Gasteiger partial charge in [0, 0.05) is 22.2 Å². The second kappa shape index (κ2) is 5.81. The first-order valence-corrected chi connectivity index (χ1v) is 8.28. The normalized spacial score (nSPS) is 12.7. The summed E-state index contributed by atoms with van der Waals surface area (Å²) in [4.78, 5) is 12.4. The highest BCUT2D eigenvalue weighted by molar-refractivity contribution is 6.24. The van der Waals surface area contributed by atoms with Gasteiger partial charge in [0.1, 0.15) is 5.75 Å². The summed E-state index contributed by atoms with van der Waals surface area (Å²) < 4.78 is 5.62. The predicted octanol–water partition coefficient (Wildman–Crippen LogP) is 5.46. The summed E-state index contributed by atoms with van der Waals surface area (Å²) in [6.45, 7) is 0. The molecule has 3 aromatic rings. The van der Waals surface area contributed by atoms with Gasteiger partial charge in [-0.3, -0.25) is 4.79 Å². The van der Waals surface area contributed by atoms with Crippen molar-refractivity contribution in [2.24, 2.45) is 0 Å². The van der Waals surface area contributed by atoms with Crippen LogP contribution < -0.4 is 4.74 Å². The molecular formula is C21H15ClO2. The zero-order chi connectivity index (χ0) is 16.7. The van der Waals surface area contributed by atoms with Gasteiger partial charge in [-0.05, 0) is 40.5 Å². The Balaban J connectivity index is 2.24. The number of methoxy groups -OCH3 is 1. The number of hydrogen-bond donors (Lipinski definition) is 0. The number of ether oxygens (including phenoxy) is 1. The molecule has 0 saturated heterocycles. The Morgan fingerprint density at radius 2 is 1.79 bits per heavy atom. The van der Waals surface area contributed by atoms with Crippen molar-refractivity contribution in [2.45, 2.75) is 5.88 Å². The van der Waals surface area contributed by atoms with E-state index in [0.29, 0.717) is 11.4 Å². The number of allylic oxidation sites excluding steroid dienone is 1. The average molecular weight is 335 g/mol. The molecule has 0 atom stereocenters. The third-order valence-corrected chi connectivity index (χ3v) is 4.75. The maximum Gasteiger partial charge on any atom is 0.186 e. The molecule has 0 unspecified atom stereocenters. The van der Waals surface area contributed by atoms with E-state index in [0.717, 1.165) is 38.8 Å². The van der Waals surface area contributed by atoms with Crippen molar-refractivity contribution in [3.63, 3.8) is 0 Å². The molecule has 0 aromatic heterocycles. The number of carbonyl (C=O) groups is 1. The van der Waals surface area contributed by atoms with Gasteiger partial charge in [-0.1, -0.05) is 42.5 Å². The number of ketones is 1. The number of alkyl halides is 1. The lowest BCUT2D eigenvalue weighted by Crippen LogP contribution is -2.05. The van der Waals surface area contributed by atoms with E-state index in [-0.39, 0.29) is 5.78 Å². The lowest BCUT2D eigenvalue weighted by Gasteiger charge is -2.20. The summed E-state index contributed by atoms with van der Waals surface area (Å²) >= 11 is 6.24. The first kappa shape index (κ1) is 15.0. The fourth-order valence-corrected chi connectivity index (χ4v) is 3.63. The van der Waals surface area contributed by atoms with Gasteiger partial charge in [0.05, 0.1) is 7.11 Å². The SMILES string of the molecule is COc1ccc2c3c(cc(CCl)c(-c4ccccc4)c13)C(=O)C=C2. The Labute approximate surface area is 145 Å². The minimum atomic E-state index is 0.00623. The van der Waals surface area contributed by atoms with Crippen molar-refractivity contribution in [3.8, 4) is 16.9 Å². The molecule has 2 nitrogen and oxygen atoms in total. The second-order valence-corrected chi connectivity index (χ2v) is 6.03. The number of hydrogen-bond acceptors (Lipinski definition) is 2. The molecule has 0 N–H and O–H groups in total. The van der Waals surface area contributed by atoms with Crippen molar-refractivity contribution in [1.82, 2.24) is 0 Å². The molecule has 0 fully saturated rings. The fourth-order valence-electron chi connectivity index (χ4n) is 3.42. The molecule has 4 rings (SSSR count). The molecule has 3 aromatic carbocycles. The lowest BCUT2D eigenvalue weighted by atomic mass is 9.85. The van der Waals surface area contributed by atoms with E-state index in [4.69, 9.17) is 16.3 Å². The number of carbonyl (C=O) groups excluding carboxylic acids is 1. The molecule has 0 spiro atoms. The van der Waals surface area contributed by atoms with Gasteiger partial charge in [-0.2, -0.15) is 0 Å². The summed E-state index contributed by atoms with van der Waals surface area (Å²) in [7, 11) is 1.65. The van der Waals surface area contributed by atoms with Gasteiger partial charge >= 0.3 is 0 Å². The second-order valence-electron chi connectivity index (χ2n) is 5.76. The quantitative estimate of drug-likeness (QED) is 0.594. The molecular weight excluding hydrogens is 320 g/mol. The molecule has 118 valence electrons. The fraction of sp³-hybridized carbons (Fsp3) is 0.0952. The van der Waals surface area contributed by atoms with Gasteiger partial charge in [-0.15, -0.1) is 11.6 Å². The number of rotatable bonds is 3. The average Bonchev–Trinajstić information content (AvgIpc) is 2.64. The van der Waals surface area contributed by atoms with Crippen LogP contribution in [0.1, 0.15) is 21.5 Å². The summed E-state index contributed by atoms with van der Waals surface area (Å²) in [6.07, 6.45) is 3.48. The number of benzene rings is 3. The first-order valence-electron chi connectivity index (χ1n) is 7.75. The van der Waals surface area contributed by atoms with Crippen LogP contribution in [-0.4, -0.2) is 12.9 Å². The lowest BCUT2D eigenvalue weighted by molar-refractivity contribution is 0.104. The minimum absolute atomic E-state index is 0.00623. The highest BCUT2D eigenvalue weighted by Crippen LogP contribution is 2.43. The van der Waals surface area contributed by atoms with Crippen molar-refractivity contribution in [3.05, 3.63) is 71.3 Å². The van der Waals surface area contributed by atoms with E-state index >= 15 is 0 Å². The topological polar surface area (TPSA) is 26.3 Å². The third-order valence-electron chi connectivity index (χ3n) is 4.46. The van der Waals surface area contributed by atoms with E-state index in [1.807, 2.05) is 42.5 Å². The highest BCUT2D eigenvalue weighted by atomic mass is 35.5. The Hall–Kier alpha value is -2.58. The predicted molar refractivity (Wildman–Crippen MR) is 98.9 cm³/mol. The van der Waals surface area contributed by atoms with E-state index in [1.165, 1.54) is 0 Å². The van der Waals surface area contributed by atoms with Crippen molar-refractivity contribution in [2.75, 3.05) is 7.11 Å². The van der Waals surface area contributed by atoms with Crippen molar-refractivity contribution >= 4 is 34.2 Å². The van der Waals surface area contributed by atoms with Gasteiger partial charge in [-0.25, -0.2) is 0 Å². The summed E-state index contributed by atoms with van der Waals surface area (Å²) in [6, 6.07) is 16.0. The molecule has 0 aliphatic heterocycles. The monoisotopic (exact) mass is 334 g/mol. The van der Waals surface area contributed by atoms with Crippen molar-refractivity contribution in [1.29, 1.82) is 0 Å². The molecule has 0 radical (unpaired) electrons. The Morgan fingerprint density at radius 1 is 1.00 bits per heavy atom. The van der Waals surface area contributed by atoms with Crippen LogP contribution in [0.4, 0.5) is 0 Å². The summed E-state index contributed by atoms with van der Waals surface area (Å²) in [5, 5.41) is 1.89. The van der Waals surface area contributed by atoms with Crippen LogP contribution in [0.15, 0.2) is 54.6 Å². The minimum Gasteiger partial charge on any atom is -0.496 e. The van der Waals surface area contributed by atoms with Crippen LogP contribution in [0.25, 0.3) is 28.0 Å². The molecule has 3 heteroatoms. The van der Waals surface area contributed by atoms with Gasteiger partial charge < -0.3 is 4.74 Å². The summed E-state index contributed by atoms with van der Waals surface area (Å²) in [5.41, 5.74) is 4.75. The van der Waals surface area contributed by atoms with E-state index in [2.05, 4.69) is 12.1 Å². The van der Waals surface area contributed by atoms with E-state index in [9.17, 15) is 4.79 Å². The van der Waals surface area contributed by atoms with Crippen LogP contribution in [0.3, 0.4) is 0 Å². The molecule has 0 bridgehead atoms. The zero-order valence-corrected chi connectivity index (χ0v) is 13.9. The van der Waals surface area contributed by atoms with Crippen LogP contribution in [0, 0.1) is 0 Å². The van der Waals surface area contributed by atoms with Gasteiger partial charge in [0.15, 0.2) is 5.78 Å². The van der Waals surface area contributed by atoms with Gasteiger partial charge in [0.25, 0.3) is 0 Å². The molecule has 1 aliphatic carbocycles. The van der Waals surface area contributed by atoms with Gasteiger partial charge in [0.2, 0.25) is 0 Å². The third kappa shape index (κ3) is 2.15. The van der Waals surface area contributed by atoms with E-state index < -0.39 is 0 Å². The maximum atomic E-state index is 12.4. The standard InChI is InChI=1S/C21H15ClO2/c1-24-18-10-8-14-7-9-17(23)16-11-15(12-22)19(21(18)20(14)16)13-5-3-2-4-6-13/h2-11H,12H2,1H3. The first-order chi connectivity index (χ1) is 11.7. The molecule has 0 heterocycles. The Morgan fingerprint density at radius 3 is 2.50 bits per heavy atom. The van der Waals surface area contributed by atoms with Crippen LogP contribution in [0.2, 0.25) is 0 Å². The van der Waals surface area contributed by atoms with E-state index in [1.54, 1.807) is 13.2 Å². The maximum absolute atomic E-state index is 12.4. The smallest absolute Gasteiger partial charge is 0.186 e. The molecule has 24 heavy (non-hydrogen) atoms. The van der Waals surface area contributed by atoms with Crippen LogP contribution in [0.5, 0.6) is 5.75 Å². The van der Waals surface area contributed by atoms with Crippen LogP contribution >= 0.6 is 11.6 Å². The molecule has 0 amide bonds. The highest BCUT2D eigenvalue weighted by Gasteiger charge is 2.23. The molecule has 0 saturated carbocycles. The molecule has 1 aliphatic rings. The number of halogens is 1. The Kier molecular flexibility index (Phi) is 3.62. The largest absolute Gasteiger partial charge is 0.496 e.